The van der Waals surface area contributed by atoms with Crippen LogP contribution in [0.2, 0.25) is 0 Å². The molecule has 0 spiro atoms. The van der Waals surface area contributed by atoms with Crippen molar-refractivity contribution in [2.24, 2.45) is 0 Å². The summed E-state index contributed by atoms with van der Waals surface area (Å²) >= 11 is 0. The van der Waals surface area contributed by atoms with Crippen LogP contribution in [-0.4, -0.2) is 23.1 Å². The van der Waals surface area contributed by atoms with E-state index in [-0.39, 0.29) is 0 Å². The first-order valence-electron chi connectivity index (χ1n) is 5.91. The summed E-state index contributed by atoms with van der Waals surface area (Å²) in [6, 6.07) is 6.55. The smallest absolute Gasteiger partial charge is 0.119 e. The van der Waals surface area contributed by atoms with Gasteiger partial charge in [0.25, 0.3) is 0 Å². The van der Waals surface area contributed by atoms with E-state index in [1.165, 1.54) is 43.5 Å². The fourth-order valence-corrected chi connectivity index (χ4v) is 3.05. The third-order valence-corrected chi connectivity index (χ3v) is 3.80. The fraction of sp³-hybridized carbons (Fsp3) is 0.538. The Hall–Kier alpha value is -1.02. The molecule has 80 valence electrons. The summed E-state index contributed by atoms with van der Waals surface area (Å²) in [5.74, 6) is 0.495. The van der Waals surface area contributed by atoms with Crippen LogP contribution >= 0.6 is 0 Å². The summed E-state index contributed by atoms with van der Waals surface area (Å²) in [4.78, 5) is 2.57. The van der Waals surface area contributed by atoms with Gasteiger partial charge in [-0.3, -0.25) is 4.90 Å². The van der Waals surface area contributed by atoms with Crippen LogP contribution in [0.5, 0.6) is 5.75 Å². The molecule has 1 saturated heterocycles. The van der Waals surface area contributed by atoms with Gasteiger partial charge in [0, 0.05) is 6.04 Å². The SMILES string of the molecule is Oc1cccc2c1CC[C@H]2N1CCCC1. The number of benzene rings is 1. The number of phenols is 1. The lowest BCUT2D eigenvalue weighted by Gasteiger charge is -2.24. The van der Waals surface area contributed by atoms with Gasteiger partial charge in [0.15, 0.2) is 0 Å². The lowest BCUT2D eigenvalue weighted by molar-refractivity contribution is 0.245. The summed E-state index contributed by atoms with van der Waals surface area (Å²) in [5, 5.41) is 9.77. The van der Waals surface area contributed by atoms with Crippen molar-refractivity contribution in [3.63, 3.8) is 0 Å². The summed E-state index contributed by atoms with van der Waals surface area (Å²) < 4.78 is 0. The molecule has 2 heteroatoms. The van der Waals surface area contributed by atoms with Crippen molar-refractivity contribution in [2.75, 3.05) is 13.1 Å². The minimum atomic E-state index is 0.495. The molecule has 1 aromatic carbocycles. The Labute approximate surface area is 90.5 Å². The molecule has 0 radical (unpaired) electrons. The van der Waals surface area contributed by atoms with Crippen molar-refractivity contribution in [1.29, 1.82) is 0 Å². The highest BCUT2D eigenvalue weighted by Gasteiger charge is 2.30. The van der Waals surface area contributed by atoms with Crippen LogP contribution in [0.15, 0.2) is 18.2 Å². The highest BCUT2D eigenvalue weighted by atomic mass is 16.3. The summed E-state index contributed by atoms with van der Waals surface area (Å²) in [6.45, 7) is 2.47. The Balaban J connectivity index is 1.94. The monoisotopic (exact) mass is 203 g/mol. The van der Waals surface area contributed by atoms with E-state index in [2.05, 4.69) is 11.0 Å². The largest absolute Gasteiger partial charge is 0.508 e. The molecule has 0 unspecified atom stereocenters. The van der Waals surface area contributed by atoms with Crippen LogP contribution in [0.25, 0.3) is 0 Å². The first-order chi connectivity index (χ1) is 7.36. The number of nitrogens with zero attached hydrogens (tertiary/aromatic N) is 1. The van der Waals surface area contributed by atoms with E-state index in [0.29, 0.717) is 11.8 Å². The molecular formula is C13H17NO. The predicted octanol–water partition coefficient (Wildman–Crippen LogP) is 2.48. The number of likely N-dealkylation sites (tertiary alicyclic amines) is 1. The second kappa shape index (κ2) is 3.53. The molecule has 15 heavy (non-hydrogen) atoms. The maximum absolute atomic E-state index is 9.77. The summed E-state index contributed by atoms with van der Waals surface area (Å²) in [7, 11) is 0. The van der Waals surface area contributed by atoms with Crippen LogP contribution < -0.4 is 0 Å². The second-order valence-electron chi connectivity index (χ2n) is 4.64. The van der Waals surface area contributed by atoms with Crippen LogP contribution in [0, 0.1) is 0 Å². The van der Waals surface area contributed by atoms with Crippen LogP contribution in [0.1, 0.15) is 36.4 Å². The molecule has 1 fully saturated rings. The van der Waals surface area contributed by atoms with Crippen molar-refractivity contribution in [1.82, 2.24) is 4.90 Å². The molecule has 0 amide bonds. The molecule has 1 atom stereocenters. The lowest BCUT2D eigenvalue weighted by atomic mass is 10.1. The van der Waals surface area contributed by atoms with Gasteiger partial charge >= 0.3 is 0 Å². The fourth-order valence-electron chi connectivity index (χ4n) is 3.05. The molecule has 0 bridgehead atoms. The maximum atomic E-state index is 9.77. The van der Waals surface area contributed by atoms with Gasteiger partial charge in [-0.1, -0.05) is 12.1 Å². The Morgan fingerprint density at radius 1 is 1.20 bits per heavy atom. The molecule has 1 aliphatic carbocycles. The Kier molecular flexibility index (Phi) is 2.17. The molecule has 1 heterocycles. The average Bonchev–Trinajstić information content (AvgIpc) is 2.85. The Morgan fingerprint density at radius 3 is 2.80 bits per heavy atom. The van der Waals surface area contributed by atoms with Crippen molar-refractivity contribution in [2.45, 2.75) is 31.7 Å². The molecule has 0 aromatic heterocycles. The lowest BCUT2D eigenvalue weighted by Crippen LogP contribution is -2.23. The average molecular weight is 203 g/mol. The van der Waals surface area contributed by atoms with Crippen LogP contribution in [-0.2, 0) is 6.42 Å². The van der Waals surface area contributed by atoms with Crippen molar-refractivity contribution < 1.29 is 5.11 Å². The minimum absolute atomic E-state index is 0.495. The van der Waals surface area contributed by atoms with E-state index in [0.717, 1.165) is 6.42 Å². The third-order valence-electron chi connectivity index (χ3n) is 3.80. The topological polar surface area (TPSA) is 23.5 Å². The third kappa shape index (κ3) is 1.44. The zero-order chi connectivity index (χ0) is 10.3. The molecule has 2 aliphatic rings. The van der Waals surface area contributed by atoms with E-state index < -0.39 is 0 Å². The number of aromatic hydroxyl groups is 1. The number of phenolic OH excluding ortho intramolecular Hbond substituents is 1. The van der Waals surface area contributed by atoms with Gasteiger partial charge in [-0.25, -0.2) is 0 Å². The van der Waals surface area contributed by atoms with E-state index in [4.69, 9.17) is 0 Å². The zero-order valence-corrected chi connectivity index (χ0v) is 8.95. The van der Waals surface area contributed by atoms with Gasteiger partial charge in [0.05, 0.1) is 0 Å². The highest BCUT2D eigenvalue weighted by molar-refractivity contribution is 5.44. The Bertz CT molecular complexity index is 369. The van der Waals surface area contributed by atoms with E-state index in [9.17, 15) is 5.11 Å². The van der Waals surface area contributed by atoms with Gasteiger partial charge in [-0.2, -0.15) is 0 Å². The minimum Gasteiger partial charge on any atom is -0.508 e. The number of hydrogen-bond acceptors (Lipinski definition) is 2. The molecule has 3 rings (SSSR count). The van der Waals surface area contributed by atoms with E-state index in [1.54, 1.807) is 0 Å². The predicted molar refractivity (Wildman–Crippen MR) is 60.0 cm³/mol. The van der Waals surface area contributed by atoms with Crippen molar-refractivity contribution in [3.8, 4) is 5.75 Å². The molecule has 2 nitrogen and oxygen atoms in total. The standard InChI is InChI=1S/C13H17NO/c15-13-5-3-4-10-11(13)6-7-12(10)14-8-1-2-9-14/h3-5,12,15H,1-2,6-9H2/t12-/m1/s1. The maximum Gasteiger partial charge on any atom is 0.119 e. The van der Waals surface area contributed by atoms with Crippen LogP contribution in [0.3, 0.4) is 0 Å². The quantitative estimate of drug-likeness (QED) is 0.758. The Morgan fingerprint density at radius 2 is 2.00 bits per heavy atom. The first kappa shape index (κ1) is 9.22. The van der Waals surface area contributed by atoms with Gasteiger partial charge in [0.1, 0.15) is 5.75 Å². The molecule has 1 aromatic rings. The summed E-state index contributed by atoms with van der Waals surface area (Å²) in [6.07, 6.45) is 4.91. The molecular weight excluding hydrogens is 186 g/mol. The van der Waals surface area contributed by atoms with E-state index in [1.807, 2.05) is 12.1 Å². The van der Waals surface area contributed by atoms with E-state index >= 15 is 0 Å². The van der Waals surface area contributed by atoms with Gasteiger partial charge in [-0.15, -0.1) is 0 Å². The zero-order valence-electron chi connectivity index (χ0n) is 8.95. The number of hydrogen-bond donors (Lipinski definition) is 1. The normalized spacial score (nSPS) is 25.7. The van der Waals surface area contributed by atoms with Crippen LogP contribution in [0.4, 0.5) is 0 Å². The van der Waals surface area contributed by atoms with Crippen molar-refractivity contribution in [3.05, 3.63) is 29.3 Å². The van der Waals surface area contributed by atoms with Gasteiger partial charge in [-0.05, 0) is 56.0 Å². The summed E-state index contributed by atoms with van der Waals surface area (Å²) in [5.41, 5.74) is 2.56. The second-order valence-corrected chi connectivity index (χ2v) is 4.64. The molecule has 1 aliphatic heterocycles. The van der Waals surface area contributed by atoms with Crippen molar-refractivity contribution >= 4 is 0 Å². The number of fused-ring (bicyclic) bond motifs is 1. The molecule has 0 saturated carbocycles. The number of rotatable bonds is 1. The molecule has 1 N–H and O–H groups in total. The first-order valence-corrected chi connectivity index (χ1v) is 5.91. The van der Waals surface area contributed by atoms with Gasteiger partial charge < -0.3 is 5.11 Å². The highest BCUT2D eigenvalue weighted by Crippen LogP contribution is 2.40. The van der Waals surface area contributed by atoms with Gasteiger partial charge in [0.2, 0.25) is 0 Å².